The van der Waals surface area contributed by atoms with Gasteiger partial charge in [0, 0.05) is 5.69 Å². The van der Waals surface area contributed by atoms with Gasteiger partial charge in [-0.3, -0.25) is 5.32 Å². The van der Waals surface area contributed by atoms with Crippen LogP contribution in [0.4, 0.5) is 10.5 Å². The lowest BCUT2D eigenvalue weighted by atomic mass is 9.98. The van der Waals surface area contributed by atoms with E-state index in [9.17, 15) is 14.4 Å². The molecule has 3 N–H and O–H groups in total. The molecule has 0 unspecified atom stereocenters. The van der Waals surface area contributed by atoms with E-state index in [2.05, 4.69) is 5.32 Å². The molecule has 1 amide bonds. The SMILES string of the molecule is O=C(Nc1cc(C(=O)O)cc(C(=O)O)c1)OC1CCCCC1. The van der Waals surface area contributed by atoms with Crippen LogP contribution in [0.1, 0.15) is 52.8 Å². The average Bonchev–Trinajstić information content (AvgIpc) is 2.47. The number of carboxylic acids is 2. The smallest absolute Gasteiger partial charge is 0.411 e. The molecule has 0 bridgehead atoms. The molecule has 1 aliphatic rings. The van der Waals surface area contributed by atoms with Crippen molar-refractivity contribution in [2.45, 2.75) is 38.2 Å². The maximum Gasteiger partial charge on any atom is 0.411 e. The van der Waals surface area contributed by atoms with Gasteiger partial charge in [0.2, 0.25) is 0 Å². The van der Waals surface area contributed by atoms with Crippen LogP contribution < -0.4 is 5.32 Å². The number of carbonyl (C=O) groups excluding carboxylic acids is 1. The number of carbonyl (C=O) groups is 3. The quantitative estimate of drug-likeness (QED) is 0.788. The van der Waals surface area contributed by atoms with Crippen molar-refractivity contribution in [3.05, 3.63) is 29.3 Å². The Bertz CT molecular complexity index is 559. The number of hydrogen-bond donors (Lipinski definition) is 3. The van der Waals surface area contributed by atoms with Crippen molar-refractivity contribution in [1.82, 2.24) is 0 Å². The Morgan fingerprint density at radius 2 is 1.50 bits per heavy atom. The molecule has 0 aromatic heterocycles. The van der Waals surface area contributed by atoms with E-state index >= 15 is 0 Å². The lowest BCUT2D eigenvalue weighted by molar-refractivity contribution is 0.0696. The Balaban J connectivity index is 2.08. The number of amides is 1. The molecule has 7 heteroatoms. The van der Waals surface area contributed by atoms with Crippen molar-refractivity contribution in [2.24, 2.45) is 0 Å². The predicted octanol–water partition coefficient (Wildman–Crippen LogP) is 2.96. The highest BCUT2D eigenvalue weighted by Gasteiger charge is 2.18. The van der Waals surface area contributed by atoms with Gasteiger partial charge in [0.05, 0.1) is 11.1 Å². The summed E-state index contributed by atoms with van der Waals surface area (Å²) >= 11 is 0. The lowest BCUT2D eigenvalue weighted by Gasteiger charge is -2.21. The summed E-state index contributed by atoms with van der Waals surface area (Å²) in [6.45, 7) is 0. The summed E-state index contributed by atoms with van der Waals surface area (Å²) in [4.78, 5) is 33.8. The molecular weight excluding hydrogens is 290 g/mol. The van der Waals surface area contributed by atoms with Crippen LogP contribution in [0.25, 0.3) is 0 Å². The van der Waals surface area contributed by atoms with Crippen LogP contribution in [0, 0.1) is 0 Å². The molecule has 1 aromatic rings. The van der Waals surface area contributed by atoms with Gasteiger partial charge in [0.1, 0.15) is 6.10 Å². The normalized spacial score (nSPS) is 15.1. The largest absolute Gasteiger partial charge is 0.478 e. The zero-order valence-electron chi connectivity index (χ0n) is 11.9. The highest BCUT2D eigenvalue weighted by molar-refractivity contribution is 5.97. The highest BCUT2D eigenvalue weighted by atomic mass is 16.6. The molecule has 0 saturated heterocycles. The van der Waals surface area contributed by atoms with Gasteiger partial charge in [-0.05, 0) is 43.9 Å². The topological polar surface area (TPSA) is 113 Å². The second-order valence-corrected chi connectivity index (χ2v) is 5.20. The van der Waals surface area contributed by atoms with Crippen LogP contribution in [0.2, 0.25) is 0 Å². The van der Waals surface area contributed by atoms with E-state index in [0.717, 1.165) is 38.2 Å². The molecule has 0 atom stereocenters. The van der Waals surface area contributed by atoms with Crippen LogP contribution in [-0.2, 0) is 4.74 Å². The summed E-state index contributed by atoms with van der Waals surface area (Å²) in [5, 5.41) is 20.3. The van der Waals surface area contributed by atoms with Crippen molar-refractivity contribution >= 4 is 23.7 Å². The van der Waals surface area contributed by atoms with Crippen molar-refractivity contribution in [3.63, 3.8) is 0 Å². The molecule has 0 spiro atoms. The second-order valence-electron chi connectivity index (χ2n) is 5.20. The Morgan fingerprint density at radius 3 is 2.00 bits per heavy atom. The van der Waals surface area contributed by atoms with Gasteiger partial charge in [-0.2, -0.15) is 0 Å². The van der Waals surface area contributed by atoms with Crippen molar-refractivity contribution in [3.8, 4) is 0 Å². The molecule has 7 nitrogen and oxygen atoms in total. The van der Waals surface area contributed by atoms with E-state index in [1.54, 1.807) is 0 Å². The van der Waals surface area contributed by atoms with E-state index in [4.69, 9.17) is 14.9 Å². The molecule has 2 rings (SSSR count). The summed E-state index contributed by atoms with van der Waals surface area (Å²) in [5.41, 5.74) is -0.348. The summed E-state index contributed by atoms with van der Waals surface area (Å²) in [5.74, 6) is -2.54. The number of nitrogens with one attached hydrogen (secondary N) is 1. The average molecular weight is 307 g/mol. The van der Waals surface area contributed by atoms with E-state index < -0.39 is 18.0 Å². The Kier molecular flexibility index (Phi) is 4.98. The maximum absolute atomic E-state index is 11.8. The third-order valence-electron chi connectivity index (χ3n) is 3.50. The van der Waals surface area contributed by atoms with Gasteiger partial charge >= 0.3 is 18.0 Å². The minimum Gasteiger partial charge on any atom is -0.478 e. The first kappa shape index (κ1) is 15.8. The number of rotatable bonds is 4. The first-order valence-corrected chi connectivity index (χ1v) is 7.05. The summed E-state index contributed by atoms with van der Waals surface area (Å²) in [6, 6.07) is 3.41. The fourth-order valence-corrected chi connectivity index (χ4v) is 2.43. The minimum absolute atomic E-state index is 0.0816. The van der Waals surface area contributed by atoms with Gasteiger partial charge in [0.15, 0.2) is 0 Å². The van der Waals surface area contributed by atoms with Crippen molar-refractivity contribution < 1.29 is 29.3 Å². The Hall–Kier alpha value is -2.57. The molecule has 0 radical (unpaired) electrons. The molecule has 22 heavy (non-hydrogen) atoms. The number of benzene rings is 1. The predicted molar refractivity (Wildman–Crippen MR) is 77.3 cm³/mol. The zero-order valence-corrected chi connectivity index (χ0v) is 11.9. The summed E-state index contributed by atoms with van der Waals surface area (Å²) in [7, 11) is 0. The van der Waals surface area contributed by atoms with Crippen molar-refractivity contribution in [2.75, 3.05) is 5.32 Å². The van der Waals surface area contributed by atoms with Gasteiger partial charge in [-0.25, -0.2) is 14.4 Å². The molecule has 1 aromatic carbocycles. The van der Waals surface area contributed by atoms with E-state index in [-0.39, 0.29) is 22.9 Å². The number of hydrogen-bond acceptors (Lipinski definition) is 4. The first-order valence-electron chi connectivity index (χ1n) is 7.05. The van der Waals surface area contributed by atoms with Crippen LogP contribution in [-0.4, -0.2) is 34.3 Å². The molecule has 1 fully saturated rings. The van der Waals surface area contributed by atoms with Crippen LogP contribution >= 0.6 is 0 Å². The standard InChI is InChI=1S/C15H17NO6/c17-13(18)9-6-10(14(19)20)8-11(7-9)16-15(21)22-12-4-2-1-3-5-12/h6-8,12H,1-5H2,(H,16,21)(H,17,18)(H,19,20). The number of ether oxygens (including phenoxy) is 1. The maximum atomic E-state index is 11.8. The Labute approximate surface area is 126 Å². The first-order chi connectivity index (χ1) is 10.5. The van der Waals surface area contributed by atoms with Gasteiger partial charge in [0.25, 0.3) is 0 Å². The molecular formula is C15H17NO6. The minimum atomic E-state index is -1.27. The zero-order chi connectivity index (χ0) is 16.1. The fraction of sp³-hybridized carbons (Fsp3) is 0.400. The molecule has 1 aliphatic carbocycles. The van der Waals surface area contributed by atoms with Gasteiger partial charge in [-0.15, -0.1) is 0 Å². The number of carboxylic acid groups (broad SMARTS) is 2. The van der Waals surface area contributed by atoms with E-state index in [1.165, 1.54) is 12.1 Å². The summed E-state index contributed by atoms with van der Waals surface area (Å²) < 4.78 is 5.25. The molecule has 0 heterocycles. The third-order valence-corrected chi connectivity index (χ3v) is 3.50. The van der Waals surface area contributed by atoms with E-state index in [0.29, 0.717) is 0 Å². The number of anilines is 1. The van der Waals surface area contributed by atoms with Crippen LogP contribution in [0.15, 0.2) is 18.2 Å². The molecule has 118 valence electrons. The monoisotopic (exact) mass is 307 g/mol. The lowest BCUT2D eigenvalue weighted by Crippen LogP contribution is -2.24. The Morgan fingerprint density at radius 1 is 0.955 bits per heavy atom. The van der Waals surface area contributed by atoms with Crippen LogP contribution in [0.5, 0.6) is 0 Å². The molecule has 1 saturated carbocycles. The highest BCUT2D eigenvalue weighted by Crippen LogP contribution is 2.21. The fourth-order valence-electron chi connectivity index (χ4n) is 2.43. The second kappa shape index (κ2) is 6.93. The van der Waals surface area contributed by atoms with Crippen molar-refractivity contribution in [1.29, 1.82) is 0 Å². The molecule has 0 aliphatic heterocycles. The summed E-state index contributed by atoms with van der Waals surface area (Å²) in [6.07, 6.45) is 3.92. The van der Waals surface area contributed by atoms with Gasteiger partial charge < -0.3 is 14.9 Å². The third kappa shape index (κ3) is 4.21. The number of aromatic carboxylic acids is 2. The van der Waals surface area contributed by atoms with E-state index in [1.807, 2.05) is 0 Å². The van der Waals surface area contributed by atoms with Gasteiger partial charge in [-0.1, -0.05) is 6.42 Å². The van der Waals surface area contributed by atoms with Crippen LogP contribution in [0.3, 0.4) is 0 Å².